The first-order valence-electron chi connectivity index (χ1n) is 7.91. The molecule has 1 atom stereocenters. The van der Waals surface area contributed by atoms with Crippen LogP contribution in [-0.2, 0) is 19.7 Å². The Labute approximate surface area is 153 Å². The van der Waals surface area contributed by atoms with Crippen LogP contribution in [0.15, 0.2) is 53.4 Å². The fourth-order valence-electron chi connectivity index (χ4n) is 2.15. The van der Waals surface area contributed by atoms with E-state index < -0.39 is 16.1 Å². The summed E-state index contributed by atoms with van der Waals surface area (Å²) in [4.78, 5) is 17.0. The third-order valence-corrected chi connectivity index (χ3v) is 5.38. The van der Waals surface area contributed by atoms with Gasteiger partial charge in [0, 0.05) is 12.7 Å². The highest BCUT2D eigenvalue weighted by atomic mass is 32.2. The minimum atomic E-state index is -3.72. The van der Waals surface area contributed by atoms with E-state index in [1.165, 1.54) is 38.4 Å². The van der Waals surface area contributed by atoms with E-state index in [0.29, 0.717) is 11.4 Å². The number of carbonyl (C=O) groups excluding carboxylic acids is 1. The number of benzene rings is 2. The number of nitrogens with one attached hydrogen (secondary N) is 1. The maximum Gasteiger partial charge on any atom is 0.265 e. The summed E-state index contributed by atoms with van der Waals surface area (Å²) in [7, 11) is -1.16. The molecule has 1 N–H and O–H groups in total. The Morgan fingerprint density at radius 3 is 2.38 bits per heavy atom. The number of rotatable bonds is 7. The van der Waals surface area contributed by atoms with E-state index in [-0.39, 0.29) is 10.8 Å². The van der Waals surface area contributed by atoms with Gasteiger partial charge in [-0.1, -0.05) is 16.6 Å². The molecule has 0 spiro atoms. The summed E-state index contributed by atoms with van der Waals surface area (Å²) in [5.74, 6) is 0.271. The number of aryl methyl sites for hydroxylation is 1. The normalized spacial score (nSPS) is 12.7. The molecule has 0 radical (unpaired) electrons. The molecule has 7 nitrogen and oxygen atoms in total. The van der Waals surface area contributed by atoms with Crippen LogP contribution in [0.2, 0.25) is 0 Å². The highest BCUT2D eigenvalue weighted by molar-refractivity contribution is 7.89. The maximum absolute atomic E-state index is 12.3. The van der Waals surface area contributed by atoms with Crippen LogP contribution >= 0.6 is 0 Å². The second kappa shape index (κ2) is 8.31. The predicted molar refractivity (Wildman–Crippen MR) is 98.3 cm³/mol. The molecule has 2 rings (SSSR count). The van der Waals surface area contributed by atoms with Crippen LogP contribution in [-0.4, -0.2) is 39.1 Å². The quantitative estimate of drug-likeness (QED) is 0.749. The number of carbonyl (C=O) groups is 1. The van der Waals surface area contributed by atoms with Gasteiger partial charge in [0.05, 0.1) is 12.0 Å². The first-order chi connectivity index (χ1) is 12.2. The molecule has 0 saturated carbocycles. The molecule has 0 saturated heterocycles. The number of sulfonamides is 1. The molecule has 0 bridgehead atoms. The summed E-state index contributed by atoms with van der Waals surface area (Å²) < 4.78 is 30.6. The number of anilines is 1. The van der Waals surface area contributed by atoms with E-state index in [4.69, 9.17) is 9.57 Å². The van der Waals surface area contributed by atoms with Crippen molar-refractivity contribution in [2.45, 2.75) is 24.8 Å². The van der Waals surface area contributed by atoms with Crippen LogP contribution in [0.5, 0.6) is 5.75 Å². The molecular weight excluding hydrogens is 356 g/mol. The topological polar surface area (TPSA) is 84.9 Å². The van der Waals surface area contributed by atoms with Gasteiger partial charge in [-0.2, -0.15) is 0 Å². The van der Waals surface area contributed by atoms with Crippen LogP contribution in [0.25, 0.3) is 0 Å². The summed E-state index contributed by atoms with van der Waals surface area (Å²) in [6.45, 7) is 3.58. The van der Waals surface area contributed by atoms with Crippen LogP contribution in [0.4, 0.5) is 5.69 Å². The van der Waals surface area contributed by atoms with Gasteiger partial charge >= 0.3 is 0 Å². The van der Waals surface area contributed by atoms with Gasteiger partial charge in [0.1, 0.15) is 5.75 Å². The van der Waals surface area contributed by atoms with Crippen molar-refractivity contribution < 1.29 is 22.8 Å². The number of amides is 1. The Morgan fingerprint density at radius 1 is 1.15 bits per heavy atom. The van der Waals surface area contributed by atoms with Crippen molar-refractivity contribution in [3.8, 4) is 5.75 Å². The van der Waals surface area contributed by atoms with Crippen molar-refractivity contribution in [2.75, 3.05) is 19.5 Å². The Kier molecular flexibility index (Phi) is 6.36. The molecule has 140 valence electrons. The smallest absolute Gasteiger partial charge is 0.265 e. The van der Waals surface area contributed by atoms with Gasteiger partial charge in [-0.25, -0.2) is 8.42 Å². The molecule has 2 aromatic rings. The standard InChI is InChI=1S/C18H22N2O5S/c1-13-6-5-7-16(12-13)25-14(2)18(21)19-15-8-10-17(11-9-15)26(22,23)20(3)24-4/h5-12,14H,1-4H3,(H,19,21). The Bertz CT molecular complexity index is 865. The molecule has 2 aromatic carbocycles. The van der Waals surface area contributed by atoms with Crippen molar-refractivity contribution in [3.05, 3.63) is 54.1 Å². The molecule has 26 heavy (non-hydrogen) atoms. The van der Waals surface area contributed by atoms with Crippen LogP contribution < -0.4 is 10.1 Å². The zero-order valence-corrected chi connectivity index (χ0v) is 15.9. The lowest BCUT2D eigenvalue weighted by atomic mass is 10.2. The number of nitrogens with zero attached hydrogens (tertiary/aromatic N) is 1. The Morgan fingerprint density at radius 2 is 1.81 bits per heavy atom. The lowest BCUT2D eigenvalue weighted by molar-refractivity contribution is -0.122. The van der Waals surface area contributed by atoms with Gasteiger partial charge < -0.3 is 10.1 Å². The molecule has 8 heteroatoms. The SMILES string of the molecule is CON(C)S(=O)(=O)c1ccc(NC(=O)C(C)Oc2cccc(C)c2)cc1. The number of ether oxygens (including phenoxy) is 1. The molecule has 0 aliphatic carbocycles. The lowest BCUT2D eigenvalue weighted by Gasteiger charge is -2.16. The molecule has 0 aliphatic rings. The van der Waals surface area contributed by atoms with Gasteiger partial charge in [0.25, 0.3) is 15.9 Å². The van der Waals surface area contributed by atoms with Crippen molar-refractivity contribution in [1.29, 1.82) is 0 Å². The Hall–Kier alpha value is -2.42. The molecule has 1 amide bonds. The zero-order chi connectivity index (χ0) is 19.3. The third kappa shape index (κ3) is 4.81. The summed E-state index contributed by atoms with van der Waals surface area (Å²) in [5, 5.41) is 2.69. The van der Waals surface area contributed by atoms with E-state index in [9.17, 15) is 13.2 Å². The predicted octanol–water partition coefficient (Wildman–Crippen LogP) is 2.58. The summed E-state index contributed by atoms with van der Waals surface area (Å²) in [6.07, 6.45) is -0.708. The fourth-order valence-corrected chi connectivity index (χ4v) is 3.12. The van der Waals surface area contributed by atoms with Crippen LogP contribution in [0, 0.1) is 6.92 Å². The highest BCUT2D eigenvalue weighted by Crippen LogP contribution is 2.18. The number of hydrogen-bond acceptors (Lipinski definition) is 5. The molecule has 0 aliphatic heterocycles. The van der Waals surface area contributed by atoms with Crippen molar-refractivity contribution in [1.82, 2.24) is 4.47 Å². The van der Waals surface area contributed by atoms with E-state index >= 15 is 0 Å². The van der Waals surface area contributed by atoms with Gasteiger partial charge in [-0.05, 0) is 55.8 Å². The zero-order valence-electron chi connectivity index (χ0n) is 15.1. The van der Waals surface area contributed by atoms with Gasteiger partial charge in [-0.15, -0.1) is 0 Å². The van der Waals surface area contributed by atoms with Gasteiger partial charge in [-0.3, -0.25) is 9.63 Å². The minimum absolute atomic E-state index is 0.0592. The largest absolute Gasteiger partial charge is 0.481 e. The van der Waals surface area contributed by atoms with Crippen molar-refractivity contribution >= 4 is 21.6 Å². The average Bonchev–Trinajstić information content (AvgIpc) is 2.61. The van der Waals surface area contributed by atoms with Crippen LogP contribution in [0.3, 0.4) is 0 Å². The Balaban J connectivity index is 2.03. The van der Waals surface area contributed by atoms with Crippen LogP contribution in [0.1, 0.15) is 12.5 Å². The highest BCUT2D eigenvalue weighted by Gasteiger charge is 2.21. The summed E-state index contributed by atoms with van der Waals surface area (Å²) in [5.41, 5.74) is 1.50. The molecular formula is C18H22N2O5S. The first kappa shape index (κ1) is 19.9. The maximum atomic E-state index is 12.3. The van der Waals surface area contributed by atoms with E-state index in [1.54, 1.807) is 13.0 Å². The lowest BCUT2D eigenvalue weighted by Crippen LogP contribution is -2.30. The first-order valence-corrected chi connectivity index (χ1v) is 9.35. The molecule has 0 aromatic heterocycles. The molecule has 0 fully saturated rings. The van der Waals surface area contributed by atoms with E-state index in [1.807, 2.05) is 25.1 Å². The number of hydrogen-bond donors (Lipinski definition) is 1. The summed E-state index contributed by atoms with van der Waals surface area (Å²) >= 11 is 0. The van der Waals surface area contributed by atoms with E-state index in [0.717, 1.165) is 10.0 Å². The monoisotopic (exact) mass is 378 g/mol. The van der Waals surface area contributed by atoms with Crippen molar-refractivity contribution in [3.63, 3.8) is 0 Å². The molecule has 1 unspecified atom stereocenters. The van der Waals surface area contributed by atoms with E-state index in [2.05, 4.69) is 5.32 Å². The average molecular weight is 378 g/mol. The fraction of sp³-hybridized carbons (Fsp3) is 0.278. The minimum Gasteiger partial charge on any atom is -0.481 e. The van der Waals surface area contributed by atoms with Gasteiger partial charge in [0.2, 0.25) is 0 Å². The summed E-state index contributed by atoms with van der Waals surface area (Å²) in [6, 6.07) is 13.2. The molecule has 0 heterocycles. The van der Waals surface area contributed by atoms with Crippen molar-refractivity contribution in [2.24, 2.45) is 0 Å². The second-order valence-corrected chi connectivity index (χ2v) is 7.62. The number of hydroxylamine groups is 1. The second-order valence-electron chi connectivity index (χ2n) is 5.69. The van der Waals surface area contributed by atoms with Gasteiger partial charge in [0.15, 0.2) is 6.10 Å². The third-order valence-electron chi connectivity index (χ3n) is 3.69.